The second-order valence-corrected chi connectivity index (χ2v) is 4.21. The first kappa shape index (κ1) is 13.3. The van der Waals surface area contributed by atoms with Crippen molar-refractivity contribution in [1.82, 2.24) is 20.9 Å². The van der Waals surface area contributed by atoms with Crippen molar-refractivity contribution in [2.24, 2.45) is 0 Å². The molecular weight excluding hydrogens is 248 g/mol. The zero-order valence-electron chi connectivity index (χ0n) is 11.0. The van der Waals surface area contributed by atoms with Gasteiger partial charge < -0.3 is 4.74 Å². The number of carbonyl (C=O) groups excluding carboxylic acids is 2. The van der Waals surface area contributed by atoms with E-state index >= 15 is 0 Å². The molecule has 102 valence electrons. The minimum Gasteiger partial charge on any atom is -0.465 e. The highest BCUT2D eigenvalue weighted by Crippen LogP contribution is 2.15. The van der Waals surface area contributed by atoms with E-state index in [9.17, 15) is 9.59 Å². The van der Waals surface area contributed by atoms with E-state index in [1.54, 1.807) is 38.4 Å². The van der Waals surface area contributed by atoms with E-state index in [0.717, 1.165) is 5.56 Å². The molecule has 2 amide bonds. The molecule has 1 aromatic rings. The van der Waals surface area contributed by atoms with Crippen LogP contribution in [0.4, 0.5) is 4.79 Å². The number of carbonyl (C=O) groups is 2. The molecule has 0 radical (unpaired) electrons. The monoisotopic (exact) mass is 264 g/mol. The number of methoxy groups -OCH3 is 1. The van der Waals surface area contributed by atoms with Crippen LogP contribution < -0.4 is 10.9 Å². The van der Waals surface area contributed by atoms with Crippen molar-refractivity contribution in [3.8, 4) is 0 Å². The van der Waals surface area contributed by atoms with Crippen LogP contribution in [0.25, 0.3) is 0 Å². The number of benzene rings is 1. The van der Waals surface area contributed by atoms with Crippen molar-refractivity contribution in [1.29, 1.82) is 0 Å². The van der Waals surface area contributed by atoms with Crippen LogP contribution in [0.2, 0.25) is 0 Å². The molecule has 0 aliphatic carbocycles. The summed E-state index contributed by atoms with van der Waals surface area (Å²) in [5, 5.41) is 2.80. The molecule has 7 nitrogen and oxygen atoms in total. The predicted molar refractivity (Wildman–Crippen MR) is 67.7 cm³/mol. The van der Waals surface area contributed by atoms with Crippen LogP contribution in [-0.4, -0.2) is 43.2 Å². The Morgan fingerprint density at radius 3 is 2.16 bits per heavy atom. The summed E-state index contributed by atoms with van der Waals surface area (Å²) in [5.41, 5.74) is 7.37. The maximum absolute atomic E-state index is 11.5. The molecule has 1 aromatic carbocycles. The molecule has 0 atom stereocenters. The minimum atomic E-state index is -0.375. The lowest BCUT2D eigenvalue weighted by molar-refractivity contribution is 0.0579. The zero-order chi connectivity index (χ0) is 14.0. The van der Waals surface area contributed by atoms with Crippen LogP contribution in [-0.2, 0) is 4.74 Å². The predicted octanol–water partition coefficient (Wildman–Crippen LogP) is 0.478. The Morgan fingerprint density at radius 1 is 1.16 bits per heavy atom. The number of urea groups is 1. The van der Waals surface area contributed by atoms with Crippen LogP contribution in [0.5, 0.6) is 0 Å². The van der Waals surface area contributed by atoms with E-state index in [1.165, 1.54) is 17.1 Å². The fourth-order valence-corrected chi connectivity index (χ4v) is 1.83. The summed E-state index contributed by atoms with van der Waals surface area (Å²) < 4.78 is 4.64. The standard InChI is InChI=1S/C12H16N4O3/c1-15-12(18)16(2)14-10(13-15)8-4-6-9(7-5-8)11(17)19-3/h4-7,10,13-14H,1-3H3. The fraction of sp³-hybridized carbons (Fsp3) is 0.333. The Hall–Kier alpha value is -2.12. The normalized spacial score (nSPS) is 16.7. The molecular formula is C12H16N4O3. The average Bonchev–Trinajstić information content (AvgIpc) is 2.43. The Kier molecular flexibility index (Phi) is 3.68. The maximum Gasteiger partial charge on any atom is 0.348 e. The average molecular weight is 264 g/mol. The maximum atomic E-state index is 11.5. The zero-order valence-corrected chi connectivity index (χ0v) is 11.0. The number of hydrogen-bond donors (Lipinski definition) is 2. The third-order valence-electron chi connectivity index (χ3n) is 2.88. The van der Waals surface area contributed by atoms with Crippen molar-refractivity contribution >= 4 is 12.0 Å². The van der Waals surface area contributed by atoms with Gasteiger partial charge in [0.25, 0.3) is 0 Å². The molecule has 2 rings (SSSR count). The van der Waals surface area contributed by atoms with Gasteiger partial charge >= 0.3 is 12.0 Å². The van der Waals surface area contributed by atoms with Gasteiger partial charge in [0, 0.05) is 14.1 Å². The second-order valence-electron chi connectivity index (χ2n) is 4.21. The highest BCUT2D eigenvalue weighted by molar-refractivity contribution is 5.89. The molecule has 0 spiro atoms. The van der Waals surface area contributed by atoms with Gasteiger partial charge in [0.15, 0.2) is 0 Å². The second kappa shape index (κ2) is 5.25. The molecule has 19 heavy (non-hydrogen) atoms. The van der Waals surface area contributed by atoms with Gasteiger partial charge in [-0.3, -0.25) is 10.0 Å². The smallest absolute Gasteiger partial charge is 0.348 e. The molecule has 0 saturated carbocycles. The van der Waals surface area contributed by atoms with Crippen LogP contribution >= 0.6 is 0 Å². The number of esters is 1. The van der Waals surface area contributed by atoms with Gasteiger partial charge in [-0.1, -0.05) is 12.1 Å². The summed E-state index contributed by atoms with van der Waals surface area (Å²) in [5.74, 6) is -0.375. The summed E-state index contributed by atoms with van der Waals surface area (Å²) >= 11 is 0. The lowest BCUT2D eigenvalue weighted by atomic mass is 10.1. The molecule has 0 bridgehead atoms. The first-order valence-corrected chi connectivity index (χ1v) is 5.75. The van der Waals surface area contributed by atoms with Crippen LogP contribution in [0.15, 0.2) is 24.3 Å². The van der Waals surface area contributed by atoms with Crippen molar-refractivity contribution in [2.75, 3.05) is 21.2 Å². The van der Waals surface area contributed by atoms with Gasteiger partial charge in [0.05, 0.1) is 12.7 Å². The Morgan fingerprint density at radius 2 is 1.68 bits per heavy atom. The molecule has 1 fully saturated rings. The minimum absolute atomic E-state index is 0.178. The topological polar surface area (TPSA) is 73.9 Å². The lowest BCUT2D eigenvalue weighted by Crippen LogP contribution is -2.62. The molecule has 7 heteroatoms. The number of ether oxygens (including phenoxy) is 1. The van der Waals surface area contributed by atoms with Gasteiger partial charge in [-0.2, -0.15) is 0 Å². The summed E-state index contributed by atoms with van der Waals surface area (Å²) in [6.45, 7) is 0. The van der Waals surface area contributed by atoms with Gasteiger partial charge in [0.2, 0.25) is 0 Å². The van der Waals surface area contributed by atoms with E-state index in [1.807, 2.05) is 0 Å². The first-order valence-electron chi connectivity index (χ1n) is 5.75. The van der Waals surface area contributed by atoms with E-state index in [0.29, 0.717) is 5.56 Å². The number of hydrogen-bond acceptors (Lipinski definition) is 5. The Balaban J connectivity index is 2.14. The molecule has 0 aromatic heterocycles. The van der Waals surface area contributed by atoms with E-state index in [4.69, 9.17) is 0 Å². The van der Waals surface area contributed by atoms with E-state index in [2.05, 4.69) is 15.6 Å². The summed E-state index contributed by atoms with van der Waals surface area (Å²) in [6, 6.07) is 6.78. The summed E-state index contributed by atoms with van der Waals surface area (Å²) in [7, 11) is 4.64. The molecule has 2 N–H and O–H groups in total. The summed E-state index contributed by atoms with van der Waals surface area (Å²) in [4.78, 5) is 22.9. The summed E-state index contributed by atoms with van der Waals surface area (Å²) in [6.07, 6.45) is -0.237. The quantitative estimate of drug-likeness (QED) is 0.760. The number of nitrogens with zero attached hydrogens (tertiary/aromatic N) is 2. The van der Waals surface area contributed by atoms with Gasteiger partial charge in [-0.15, -0.1) is 0 Å². The number of nitrogens with one attached hydrogen (secondary N) is 2. The van der Waals surface area contributed by atoms with Crippen molar-refractivity contribution in [3.63, 3.8) is 0 Å². The van der Waals surface area contributed by atoms with Crippen molar-refractivity contribution < 1.29 is 14.3 Å². The Labute approximate surface area is 111 Å². The third-order valence-corrected chi connectivity index (χ3v) is 2.88. The molecule has 0 unspecified atom stereocenters. The van der Waals surface area contributed by atoms with Crippen molar-refractivity contribution in [3.05, 3.63) is 35.4 Å². The van der Waals surface area contributed by atoms with Crippen LogP contribution in [0.3, 0.4) is 0 Å². The van der Waals surface area contributed by atoms with Crippen LogP contribution in [0, 0.1) is 0 Å². The van der Waals surface area contributed by atoms with Gasteiger partial charge in [-0.25, -0.2) is 20.4 Å². The van der Waals surface area contributed by atoms with Gasteiger partial charge in [0.1, 0.15) is 6.17 Å². The number of rotatable bonds is 2. The third kappa shape index (κ3) is 2.67. The molecule has 1 heterocycles. The first-order chi connectivity index (χ1) is 9.02. The molecule has 1 saturated heterocycles. The van der Waals surface area contributed by atoms with Crippen LogP contribution in [0.1, 0.15) is 22.1 Å². The molecule has 1 aliphatic heterocycles. The number of hydrazine groups is 2. The van der Waals surface area contributed by atoms with E-state index < -0.39 is 0 Å². The highest BCUT2D eigenvalue weighted by atomic mass is 16.5. The van der Waals surface area contributed by atoms with Gasteiger partial charge in [-0.05, 0) is 17.7 Å². The SMILES string of the molecule is COC(=O)c1ccc(C2NN(C)C(=O)N(C)N2)cc1. The lowest BCUT2D eigenvalue weighted by Gasteiger charge is -2.38. The largest absolute Gasteiger partial charge is 0.465 e. The van der Waals surface area contributed by atoms with Crippen molar-refractivity contribution in [2.45, 2.75) is 6.17 Å². The fourth-order valence-electron chi connectivity index (χ4n) is 1.83. The number of amides is 2. The van der Waals surface area contributed by atoms with E-state index in [-0.39, 0.29) is 18.2 Å². The highest BCUT2D eigenvalue weighted by Gasteiger charge is 2.26. The Bertz CT molecular complexity index is 474. The molecule has 1 aliphatic rings.